The number of rotatable bonds is 6. The molecule has 0 heterocycles. The van der Waals surface area contributed by atoms with Crippen LogP contribution >= 0.6 is 0 Å². The zero-order chi connectivity index (χ0) is 17.9. The molecular formula is C17H22N2O5. The molecule has 3 N–H and O–H groups in total. The summed E-state index contributed by atoms with van der Waals surface area (Å²) in [5.41, 5.74) is 4.58. The Morgan fingerprint density at radius 1 is 1.29 bits per heavy atom. The SMILES string of the molecule is CON(C(=O)[C@@H](N)Cc1ccccc1)[C@@H](C)C1(O)C(=O)CCC1=O. The van der Waals surface area contributed by atoms with Crippen molar-refractivity contribution in [1.82, 2.24) is 5.06 Å². The second kappa shape index (κ2) is 7.21. The maximum absolute atomic E-state index is 12.6. The molecule has 2 rings (SSSR count). The van der Waals surface area contributed by atoms with Gasteiger partial charge in [-0.1, -0.05) is 30.3 Å². The Morgan fingerprint density at radius 2 is 1.83 bits per heavy atom. The number of nitrogens with two attached hydrogens (primary N) is 1. The van der Waals surface area contributed by atoms with Gasteiger partial charge in [-0.15, -0.1) is 0 Å². The summed E-state index contributed by atoms with van der Waals surface area (Å²) < 4.78 is 0. The predicted octanol–water partition coefficient (Wildman–Crippen LogP) is -0.00200. The molecule has 0 spiro atoms. The van der Waals surface area contributed by atoms with E-state index in [-0.39, 0.29) is 19.3 Å². The Balaban J connectivity index is 2.16. The van der Waals surface area contributed by atoms with Crippen LogP contribution in [0.3, 0.4) is 0 Å². The van der Waals surface area contributed by atoms with Gasteiger partial charge < -0.3 is 10.8 Å². The zero-order valence-corrected chi connectivity index (χ0v) is 13.8. The van der Waals surface area contributed by atoms with E-state index in [1.807, 2.05) is 30.3 Å². The van der Waals surface area contributed by atoms with E-state index in [9.17, 15) is 19.5 Å². The highest BCUT2D eigenvalue weighted by Gasteiger charge is 2.55. The van der Waals surface area contributed by atoms with Crippen LogP contribution in [0.1, 0.15) is 25.3 Å². The highest BCUT2D eigenvalue weighted by atomic mass is 16.7. The van der Waals surface area contributed by atoms with Crippen molar-refractivity contribution in [3.8, 4) is 0 Å². The molecule has 7 heteroatoms. The highest BCUT2D eigenvalue weighted by molar-refractivity contribution is 6.16. The van der Waals surface area contributed by atoms with E-state index in [0.717, 1.165) is 10.6 Å². The number of nitrogens with zero attached hydrogens (tertiary/aromatic N) is 1. The molecule has 7 nitrogen and oxygen atoms in total. The van der Waals surface area contributed by atoms with Gasteiger partial charge in [-0.3, -0.25) is 19.2 Å². The molecule has 0 saturated heterocycles. The van der Waals surface area contributed by atoms with Gasteiger partial charge in [0.25, 0.3) is 5.91 Å². The van der Waals surface area contributed by atoms with Gasteiger partial charge in [-0.25, -0.2) is 5.06 Å². The second-order valence-corrected chi connectivity index (χ2v) is 5.93. The number of aliphatic hydroxyl groups is 1. The lowest BCUT2D eigenvalue weighted by molar-refractivity contribution is -0.208. The van der Waals surface area contributed by atoms with Crippen LogP contribution in [0.15, 0.2) is 30.3 Å². The van der Waals surface area contributed by atoms with Crippen LogP contribution in [0.2, 0.25) is 0 Å². The number of Topliss-reactive ketones (excluding diaryl/α,β-unsaturated/α-hetero) is 2. The van der Waals surface area contributed by atoms with E-state index in [1.165, 1.54) is 14.0 Å². The third kappa shape index (κ3) is 3.24. The van der Waals surface area contributed by atoms with Crippen LogP contribution in [0, 0.1) is 0 Å². The number of benzene rings is 1. The summed E-state index contributed by atoms with van der Waals surface area (Å²) in [6, 6.07) is 7.12. The highest BCUT2D eigenvalue weighted by Crippen LogP contribution is 2.29. The largest absolute Gasteiger partial charge is 0.373 e. The summed E-state index contributed by atoms with van der Waals surface area (Å²) in [7, 11) is 1.23. The first-order valence-corrected chi connectivity index (χ1v) is 7.78. The van der Waals surface area contributed by atoms with Gasteiger partial charge in [0, 0.05) is 12.8 Å². The minimum absolute atomic E-state index is 0.0402. The topological polar surface area (TPSA) is 110 Å². The number of hydrogen-bond donors (Lipinski definition) is 2. The molecule has 1 aromatic carbocycles. The lowest BCUT2D eigenvalue weighted by atomic mass is 9.91. The van der Waals surface area contributed by atoms with Gasteiger partial charge in [0.1, 0.15) is 0 Å². The molecule has 0 unspecified atom stereocenters. The second-order valence-electron chi connectivity index (χ2n) is 5.93. The standard InChI is InChI=1S/C17H22N2O5/c1-11(17(23)14(20)8-9-15(17)21)19(24-2)16(22)13(18)10-12-6-4-3-5-7-12/h3-7,11,13,23H,8-10,18H2,1-2H3/t11-,13-/m0/s1. The number of hydrogen-bond acceptors (Lipinski definition) is 6. The van der Waals surface area contributed by atoms with Crippen molar-refractivity contribution in [3.05, 3.63) is 35.9 Å². The molecule has 0 aromatic heterocycles. The number of amides is 1. The molecule has 1 fully saturated rings. The Hall–Kier alpha value is -2.09. The van der Waals surface area contributed by atoms with Gasteiger partial charge >= 0.3 is 0 Å². The van der Waals surface area contributed by atoms with Crippen molar-refractivity contribution in [2.45, 2.75) is 43.9 Å². The van der Waals surface area contributed by atoms with Crippen molar-refractivity contribution < 1.29 is 24.3 Å². The van der Waals surface area contributed by atoms with Crippen LogP contribution in [-0.2, 0) is 25.6 Å². The minimum atomic E-state index is -2.24. The van der Waals surface area contributed by atoms with E-state index in [2.05, 4.69) is 0 Å². The Labute approximate surface area is 140 Å². The quantitative estimate of drug-likeness (QED) is 0.560. The molecule has 2 atom stereocenters. The Bertz CT molecular complexity index is 615. The van der Waals surface area contributed by atoms with Gasteiger partial charge in [0.2, 0.25) is 5.60 Å². The molecule has 1 saturated carbocycles. The molecule has 1 amide bonds. The lowest BCUT2D eigenvalue weighted by Gasteiger charge is -2.35. The van der Waals surface area contributed by atoms with Gasteiger partial charge in [-0.05, 0) is 18.9 Å². The molecule has 130 valence electrons. The van der Waals surface area contributed by atoms with Gasteiger partial charge in [0.15, 0.2) is 11.6 Å². The third-order valence-corrected chi connectivity index (χ3v) is 4.42. The molecule has 24 heavy (non-hydrogen) atoms. The molecule has 1 aliphatic rings. The number of hydroxylamine groups is 2. The first-order chi connectivity index (χ1) is 11.3. The fourth-order valence-electron chi connectivity index (χ4n) is 2.96. The summed E-state index contributed by atoms with van der Waals surface area (Å²) in [4.78, 5) is 41.5. The number of carbonyl (C=O) groups excluding carboxylic acids is 3. The maximum atomic E-state index is 12.6. The fourth-order valence-corrected chi connectivity index (χ4v) is 2.96. The Kier molecular flexibility index (Phi) is 5.48. The molecule has 0 aliphatic heterocycles. The summed E-state index contributed by atoms with van der Waals surface area (Å²) in [5, 5.41) is 11.3. The van der Waals surface area contributed by atoms with Crippen LogP contribution in [0.25, 0.3) is 0 Å². The molecule has 1 aromatic rings. The number of ketones is 2. The van der Waals surface area contributed by atoms with Gasteiger partial charge in [0.05, 0.1) is 19.2 Å². The monoisotopic (exact) mass is 334 g/mol. The van der Waals surface area contributed by atoms with E-state index in [0.29, 0.717) is 0 Å². The average Bonchev–Trinajstić information content (AvgIpc) is 2.84. The van der Waals surface area contributed by atoms with Crippen molar-refractivity contribution in [2.24, 2.45) is 5.73 Å². The van der Waals surface area contributed by atoms with Crippen molar-refractivity contribution in [1.29, 1.82) is 0 Å². The average molecular weight is 334 g/mol. The van der Waals surface area contributed by atoms with Crippen LogP contribution in [-0.4, -0.2) is 52.4 Å². The van der Waals surface area contributed by atoms with E-state index >= 15 is 0 Å². The smallest absolute Gasteiger partial charge is 0.263 e. The molecular weight excluding hydrogens is 312 g/mol. The van der Waals surface area contributed by atoms with E-state index in [1.54, 1.807) is 0 Å². The molecule has 0 bridgehead atoms. The summed E-state index contributed by atoms with van der Waals surface area (Å²) >= 11 is 0. The number of carbonyl (C=O) groups is 3. The summed E-state index contributed by atoms with van der Waals surface area (Å²) in [6.07, 6.45) is 0.190. The first kappa shape index (κ1) is 18.3. The normalized spacial score (nSPS) is 19.2. The summed E-state index contributed by atoms with van der Waals surface area (Å²) in [5.74, 6) is -1.81. The van der Waals surface area contributed by atoms with Crippen molar-refractivity contribution in [2.75, 3.05) is 7.11 Å². The minimum Gasteiger partial charge on any atom is -0.373 e. The first-order valence-electron chi connectivity index (χ1n) is 7.78. The van der Waals surface area contributed by atoms with E-state index in [4.69, 9.17) is 10.6 Å². The van der Waals surface area contributed by atoms with Crippen molar-refractivity contribution >= 4 is 17.5 Å². The molecule has 0 radical (unpaired) electrons. The lowest BCUT2D eigenvalue weighted by Crippen LogP contribution is -2.61. The van der Waals surface area contributed by atoms with Crippen LogP contribution in [0.4, 0.5) is 0 Å². The van der Waals surface area contributed by atoms with E-state index < -0.39 is 35.2 Å². The fraction of sp³-hybridized carbons (Fsp3) is 0.471. The third-order valence-electron chi connectivity index (χ3n) is 4.42. The predicted molar refractivity (Wildman–Crippen MR) is 85.6 cm³/mol. The van der Waals surface area contributed by atoms with Crippen molar-refractivity contribution in [3.63, 3.8) is 0 Å². The summed E-state index contributed by atoms with van der Waals surface area (Å²) in [6.45, 7) is 1.40. The molecule has 1 aliphatic carbocycles. The zero-order valence-electron chi connectivity index (χ0n) is 13.8. The maximum Gasteiger partial charge on any atom is 0.263 e. The van der Waals surface area contributed by atoms with Crippen LogP contribution < -0.4 is 5.73 Å². The Morgan fingerprint density at radius 3 is 2.33 bits per heavy atom. The van der Waals surface area contributed by atoms with Gasteiger partial charge in [-0.2, -0.15) is 0 Å². The van der Waals surface area contributed by atoms with Crippen LogP contribution in [0.5, 0.6) is 0 Å².